The van der Waals surface area contributed by atoms with Crippen LogP contribution in [0.4, 0.5) is 11.4 Å². The molecule has 0 saturated heterocycles. The van der Waals surface area contributed by atoms with Crippen LogP contribution in [0.15, 0.2) is 42.5 Å². The van der Waals surface area contributed by atoms with Crippen molar-refractivity contribution >= 4 is 27.3 Å². The molecule has 6 heteroatoms. The SMILES string of the molecule is Cc1cc(C)cc(N(CCC(=O)N2CCc3ccccc32)S(C)(=O)=O)c1. The predicted octanol–water partition coefficient (Wildman–Crippen LogP) is 3.05. The zero-order valence-corrected chi connectivity index (χ0v) is 16.2. The standard InChI is InChI=1S/C20H24N2O3S/c1-15-12-16(2)14-18(13-15)22(26(3,24)25)11-9-20(23)21-10-8-17-6-4-5-7-19(17)21/h4-7,12-14H,8-11H2,1-3H3. The first kappa shape index (κ1) is 18.5. The maximum Gasteiger partial charge on any atom is 0.232 e. The molecule has 1 heterocycles. The molecule has 138 valence electrons. The van der Waals surface area contributed by atoms with Gasteiger partial charge >= 0.3 is 0 Å². The third-order valence-corrected chi connectivity index (χ3v) is 5.81. The summed E-state index contributed by atoms with van der Waals surface area (Å²) < 4.78 is 25.9. The Balaban J connectivity index is 1.78. The quantitative estimate of drug-likeness (QED) is 0.811. The highest BCUT2D eigenvalue weighted by Gasteiger charge is 2.26. The van der Waals surface area contributed by atoms with Gasteiger partial charge in [-0.15, -0.1) is 0 Å². The molecule has 1 aliphatic rings. The van der Waals surface area contributed by atoms with E-state index in [4.69, 9.17) is 0 Å². The molecule has 0 aromatic heterocycles. The molecule has 26 heavy (non-hydrogen) atoms. The number of fused-ring (bicyclic) bond motifs is 1. The van der Waals surface area contributed by atoms with Crippen molar-refractivity contribution in [2.45, 2.75) is 26.7 Å². The second-order valence-electron chi connectivity index (χ2n) is 6.86. The average Bonchev–Trinajstić information content (AvgIpc) is 2.96. The molecule has 2 aromatic carbocycles. The summed E-state index contributed by atoms with van der Waals surface area (Å²) in [5, 5.41) is 0. The first-order valence-corrected chi connectivity index (χ1v) is 10.5. The van der Waals surface area contributed by atoms with Crippen molar-refractivity contribution in [3.8, 4) is 0 Å². The minimum atomic E-state index is -3.47. The molecule has 0 fully saturated rings. The summed E-state index contributed by atoms with van der Waals surface area (Å²) in [7, 11) is -3.47. The minimum absolute atomic E-state index is 0.0482. The van der Waals surface area contributed by atoms with Gasteiger partial charge in [0, 0.05) is 25.2 Å². The first-order valence-electron chi connectivity index (χ1n) is 8.70. The van der Waals surface area contributed by atoms with E-state index < -0.39 is 10.0 Å². The Morgan fingerprint density at radius 3 is 2.42 bits per heavy atom. The Kier molecular flexibility index (Phi) is 5.05. The molecule has 0 atom stereocenters. The van der Waals surface area contributed by atoms with Gasteiger partial charge in [0.25, 0.3) is 0 Å². The molecule has 0 saturated carbocycles. The van der Waals surface area contributed by atoms with Crippen LogP contribution in [0.2, 0.25) is 0 Å². The van der Waals surface area contributed by atoms with Gasteiger partial charge in [0.1, 0.15) is 0 Å². The number of aryl methyl sites for hydroxylation is 2. The lowest BCUT2D eigenvalue weighted by molar-refractivity contribution is -0.118. The van der Waals surface area contributed by atoms with Gasteiger partial charge in [0.2, 0.25) is 15.9 Å². The number of para-hydroxylation sites is 1. The average molecular weight is 372 g/mol. The van der Waals surface area contributed by atoms with Crippen molar-refractivity contribution in [2.75, 3.05) is 28.6 Å². The van der Waals surface area contributed by atoms with Crippen LogP contribution >= 0.6 is 0 Å². The van der Waals surface area contributed by atoms with Gasteiger partial charge in [-0.05, 0) is 55.2 Å². The third kappa shape index (κ3) is 3.90. The molecule has 2 aromatic rings. The van der Waals surface area contributed by atoms with Crippen molar-refractivity contribution in [3.05, 3.63) is 59.2 Å². The summed E-state index contributed by atoms with van der Waals surface area (Å²) in [5.74, 6) is -0.0482. The van der Waals surface area contributed by atoms with Crippen LogP contribution in [0.3, 0.4) is 0 Å². The fourth-order valence-electron chi connectivity index (χ4n) is 3.51. The maximum absolute atomic E-state index is 12.7. The van der Waals surface area contributed by atoms with E-state index in [0.29, 0.717) is 12.2 Å². The predicted molar refractivity (Wildman–Crippen MR) is 105 cm³/mol. The van der Waals surface area contributed by atoms with Crippen LogP contribution in [-0.2, 0) is 21.2 Å². The zero-order valence-electron chi connectivity index (χ0n) is 15.4. The molecule has 3 rings (SSSR count). The zero-order chi connectivity index (χ0) is 18.9. The molecule has 0 radical (unpaired) electrons. The van der Waals surface area contributed by atoms with Crippen LogP contribution in [0, 0.1) is 13.8 Å². The van der Waals surface area contributed by atoms with Gasteiger partial charge in [-0.3, -0.25) is 9.10 Å². The fraction of sp³-hybridized carbons (Fsp3) is 0.350. The molecule has 1 amide bonds. The molecule has 5 nitrogen and oxygen atoms in total. The number of anilines is 2. The van der Waals surface area contributed by atoms with Crippen LogP contribution < -0.4 is 9.21 Å². The van der Waals surface area contributed by atoms with E-state index in [2.05, 4.69) is 0 Å². The van der Waals surface area contributed by atoms with E-state index >= 15 is 0 Å². The van der Waals surface area contributed by atoms with Crippen molar-refractivity contribution in [1.82, 2.24) is 0 Å². The number of sulfonamides is 1. The summed E-state index contributed by atoms with van der Waals surface area (Å²) >= 11 is 0. The summed E-state index contributed by atoms with van der Waals surface area (Å²) in [5.41, 5.74) is 4.70. The van der Waals surface area contributed by atoms with Gasteiger partial charge in [-0.2, -0.15) is 0 Å². The number of rotatable bonds is 5. The summed E-state index contributed by atoms with van der Waals surface area (Å²) in [6.45, 7) is 4.66. The first-order chi connectivity index (χ1) is 12.3. The number of nitrogens with zero attached hydrogens (tertiary/aromatic N) is 2. The van der Waals surface area contributed by atoms with Crippen LogP contribution in [-0.4, -0.2) is 33.7 Å². The molecule has 0 bridgehead atoms. The van der Waals surface area contributed by atoms with E-state index in [9.17, 15) is 13.2 Å². The van der Waals surface area contributed by atoms with Crippen LogP contribution in [0.1, 0.15) is 23.1 Å². The summed E-state index contributed by atoms with van der Waals surface area (Å²) in [4.78, 5) is 14.5. The lowest BCUT2D eigenvalue weighted by Gasteiger charge is -2.24. The highest BCUT2D eigenvalue weighted by atomic mass is 32.2. The van der Waals surface area contributed by atoms with Crippen LogP contribution in [0.5, 0.6) is 0 Å². The van der Waals surface area contributed by atoms with E-state index in [1.807, 2.05) is 56.3 Å². The lowest BCUT2D eigenvalue weighted by atomic mass is 10.1. The summed E-state index contributed by atoms with van der Waals surface area (Å²) in [6.07, 6.45) is 2.17. The number of carbonyl (C=O) groups is 1. The Bertz CT molecular complexity index is 918. The second kappa shape index (κ2) is 7.11. The molecule has 0 spiro atoms. The Hall–Kier alpha value is -2.34. The van der Waals surface area contributed by atoms with Crippen molar-refractivity contribution in [1.29, 1.82) is 0 Å². The highest BCUT2D eigenvalue weighted by molar-refractivity contribution is 7.92. The number of benzene rings is 2. The van der Waals surface area contributed by atoms with Crippen molar-refractivity contribution in [2.24, 2.45) is 0 Å². The van der Waals surface area contributed by atoms with E-state index in [1.54, 1.807) is 4.90 Å². The molecule has 0 N–H and O–H groups in total. The van der Waals surface area contributed by atoms with Crippen LogP contribution in [0.25, 0.3) is 0 Å². The van der Waals surface area contributed by atoms with E-state index in [1.165, 1.54) is 10.6 Å². The highest BCUT2D eigenvalue weighted by Crippen LogP contribution is 2.28. The number of amides is 1. The third-order valence-electron chi connectivity index (χ3n) is 4.61. The van der Waals surface area contributed by atoms with Gasteiger partial charge in [0.15, 0.2) is 0 Å². The Morgan fingerprint density at radius 2 is 1.77 bits per heavy atom. The molecule has 1 aliphatic heterocycles. The minimum Gasteiger partial charge on any atom is -0.312 e. The second-order valence-corrected chi connectivity index (χ2v) is 8.76. The molecular weight excluding hydrogens is 348 g/mol. The van der Waals surface area contributed by atoms with Crippen molar-refractivity contribution < 1.29 is 13.2 Å². The fourth-order valence-corrected chi connectivity index (χ4v) is 4.42. The Labute approximate surface area is 155 Å². The number of hydrogen-bond donors (Lipinski definition) is 0. The topological polar surface area (TPSA) is 57.7 Å². The number of hydrogen-bond acceptors (Lipinski definition) is 3. The smallest absolute Gasteiger partial charge is 0.232 e. The van der Waals surface area contributed by atoms with Crippen molar-refractivity contribution in [3.63, 3.8) is 0 Å². The van der Waals surface area contributed by atoms with E-state index in [-0.39, 0.29) is 18.9 Å². The molecule has 0 aliphatic carbocycles. The normalized spacial score (nSPS) is 13.6. The largest absolute Gasteiger partial charge is 0.312 e. The van der Waals surface area contributed by atoms with Gasteiger partial charge in [-0.25, -0.2) is 8.42 Å². The van der Waals surface area contributed by atoms with Gasteiger partial charge in [-0.1, -0.05) is 24.3 Å². The van der Waals surface area contributed by atoms with E-state index in [0.717, 1.165) is 28.8 Å². The lowest BCUT2D eigenvalue weighted by Crippen LogP contribution is -2.36. The molecular formula is C20H24N2O3S. The summed E-state index contributed by atoms with van der Waals surface area (Å²) in [6, 6.07) is 13.5. The molecule has 0 unspecified atom stereocenters. The maximum atomic E-state index is 12.7. The Morgan fingerprint density at radius 1 is 1.12 bits per heavy atom. The van der Waals surface area contributed by atoms with Gasteiger partial charge in [0.05, 0.1) is 11.9 Å². The number of carbonyl (C=O) groups excluding carboxylic acids is 1. The monoisotopic (exact) mass is 372 g/mol. The van der Waals surface area contributed by atoms with Gasteiger partial charge < -0.3 is 4.90 Å².